The largest absolute Gasteiger partial charge is 0.375 e. The molecule has 0 spiro atoms. The fourth-order valence-electron chi connectivity index (χ4n) is 1.69. The molecule has 82 valence electrons. The predicted molar refractivity (Wildman–Crippen MR) is 55.2 cm³/mol. The number of rotatable bonds is 4. The molecule has 1 rings (SSSR count). The van der Waals surface area contributed by atoms with Gasteiger partial charge in [0.2, 0.25) is 5.91 Å². The van der Waals surface area contributed by atoms with Crippen molar-refractivity contribution in [1.29, 1.82) is 0 Å². The zero-order valence-corrected chi connectivity index (χ0v) is 9.08. The van der Waals surface area contributed by atoms with Crippen molar-refractivity contribution in [3.05, 3.63) is 0 Å². The fourth-order valence-corrected chi connectivity index (χ4v) is 1.69. The van der Waals surface area contributed by atoms with Crippen LogP contribution in [0.5, 0.6) is 0 Å². The van der Waals surface area contributed by atoms with Gasteiger partial charge in [0.1, 0.15) is 0 Å². The van der Waals surface area contributed by atoms with Crippen LogP contribution in [0.2, 0.25) is 0 Å². The minimum atomic E-state index is 0.159. The van der Waals surface area contributed by atoms with Crippen LogP contribution in [0.3, 0.4) is 0 Å². The Labute approximate surface area is 85.6 Å². The highest BCUT2D eigenvalue weighted by Crippen LogP contribution is 2.10. The second kappa shape index (κ2) is 5.98. The SMILES string of the molecule is CNCCCC1CN(C(C)=O)CCO1. The van der Waals surface area contributed by atoms with Gasteiger partial charge in [-0.05, 0) is 26.4 Å². The number of carbonyl (C=O) groups is 1. The van der Waals surface area contributed by atoms with Crippen LogP contribution in [-0.2, 0) is 9.53 Å². The Morgan fingerprint density at radius 3 is 3.07 bits per heavy atom. The van der Waals surface area contributed by atoms with E-state index in [1.165, 1.54) is 0 Å². The molecule has 4 heteroatoms. The maximum absolute atomic E-state index is 11.1. The van der Waals surface area contributed by atoms with Gasteiger partial charge in [-0.1, -0.05) is 0 Å². The summed E-state index contributed by atoms with van der Waals surface area (Å²) in [4.78, 5) is 13.0. The maximum atomic E-state index is 11.1. The number of amides is 1. The molecule has 0 aliphatic carbocycles. The van der Waals surface area contributed by atoms with Crippen molar-refractivity contribution < 1.29 is 9.53 Å². The molecule has 0 aromatic rings. The Hall–Kier alpha value is -0.610. The molecule has 14 heavy (non-hydrogen) atoms. The number of hydrogen-bond donors (Lipinski definition) is 1. The summed E-state index contributed by atoms with van der Waals surface area (Å²) >= 11 is 0. The molecule has 0 bridgehead atoms. The van der Waals surface area contributed by atoms with E-state index in [0.29, 0.717) is 6.61 Å². The van der Waals surface area contributed by atoms with Crippen LogP contribution in [0.15, 0.2) is 0 Å². The minimum absolute atomic E-state index is 0.159. The first-order chi connectivity index (χ1) is 6.74. The van der Waals surface area contributed by atoms with Crippen molar-refractivity contribution in [2.75, 3.05) is 33.3 Å². The van der Waals surface area contributed by atoms with Crippen molar-refractivity contribution in [2.24, 2.45) is 0 Å². The summed E-state index contributed by atoms with van der Waals surface area (Å²) in [6, 6.07) is 0. The predicted octanol–water partition coefficient (Wildman–Crippen LogP) is 0.233. The lowest BCUT2D eigenvalue weighted by molar-refractivity contribution is -0.136. The highest BCUT2D eigenvalue weighted by molar-refractivity contribution is 5.73. The van der Waals surface area contributed by atoms with Gasteiger partial charge in [-0.3, -0.25) is 4.79 Å². The highest BCUT2D eigenvalue weighted by atomic mass is 16.5. The number of nitrogens with one attached hydrogen (secondary N) is 1. The van der Waals surface area contributed by atoms with E-state index in [2.05, 4.69) is 5.32 Å². The Bertz CT molecular complexity index is 185. The van der Waals surface area contributed by atoms with Crippen LogP contribution < -0.4 is 5.32 Å². The van der Waals surface area contributed by atoms with Gasteiger partial charge in [0.05, 0.1) is 12.7 Å². The number of ether oxygens (including phenoxy) is 1. The van der Waals surface area contributed by atoms with Gasteiger partial charge in [-0.2, -0.15) is 0 Å². The summed E-state index contributed by atoms with van der Waals surface area (Å²) < 4.78 is 5.58. The Morgan fingerprint density at radius 2 is 2.43 bits per heavy atom. The van der Waals surface area contributed by atoms with E-state index in [4.69, 9.17) is 4.74 Å². The summed E-state index contributed by atoms with van der Waals surface area (Å²) in [6.45, 7) is 4.83. The first kappa shape index (κ1) is 11.5. The monoisotopic (exact) mass is 200 g/mol. The zero-order valence-electron chi connectivity index (χ0n) is 9.08. The average molecular weight is 200 g/mol. The van der Waals surface area contributed by atoms with Crippen molar-refractivity contribution in [3.63, 3.8) is 0 Å². The van der Waals surface area contributed by atoms with E-state index in [1.807, 2.05) is 11.9 Å². The molecule has 1 amide bonds. The van der Waals surface area contributed by atoms with E-state index >= 15 is 0 Å². The molecule has 1 saturated heterocycles. The fraction of sp³-hybridized carbons (Fsp3) is 0.900. The molecule has 1 fully saturated rings. The van der Waals surface area contributed by atoms with Crippen molar-refractivity contribution in [3.8, 4) is 0 Å². The van der Waals surface area contributed by atoms with Crippen molar-refractivity contribution >= 4 is 5.91 Å². The van der Waals surface area contributed by atoms with Crippen LogP contribution >= 0.6 is 0 Å². The molecule has 0 aromatic heterocycles. The van der Waals surface area contributed by atoms with E-state index in [1.54, 1.807) is 6.92 Å². The Balaban J connectivity index is 2.22. The van der Waals surface area contributed by atoms with Crippen LogP contribution in [0.1, 0.15) is 19.8 Å². The molecule has 1 unspecified atom stereocenters. The van der Waals surface area contributed by atoms with Crippen molar-refractivity contribution in [2.45, 2.75) is 25.9 Å². The third-order valence-electron chi connectivity index (χ3n) is 2.54. The Morgan fingerprint density at radius 1 is 1.64 bits per heavy atom. The van der Waals surface area contributed by atoms with E-state index in [-0.39, 0.29) is 12.0 Å². The third-order valence-corrected chi connectivity index (χ3v) is 2.54. The second-order valence-electron chi connectivity index (χ2n) is 3.70. The second-order valence-corrected chi connectivity index (χ2v) is 3.70. The van der Waals surface area contributed by atoms with Crippen LogP contribution in [-0.4, -0.2) is 50.2 Å². The number of carbonyl (C=O) groups excluding carboxylic acids is 1. The molecule has 4 nitrogen and oxygen atoms in total. The lowest BCUT2D eigenvalue weighted by Crippen LogP contribution is -2.44. The molecule has 1 aliphatic rings. The topological polar surface area (TPSA) is 41.6 Å². The highest BCUT2D eigenvalue weighted by Gasteiger charge is 2.21. The standard InChI is InChI=1S/C10H20N2O2/c1-9(13)12-6-7-14-10(8-12)4-3-5-11-2/h10-11H,3-8H2,1-2H3. The maximum Gasteiger partial charge on any atom is 0.219 e. The summed E-state index contributed by atoms with van der Waals surface area (Å²) in [5.74, 6) is 0.159. The summed E-state index contributed by atoms with van der Waals surface area (Å²) in [6.07, 6.45) is 2.37. The molecule has 1 heterocycles. The van der Waals surface area contributed by atoms with E-state index in [9.17, 15) is 4.79 Å². The summed E-state index contributed by atoms with van der Waals surface area (Å²) in [5.41, 5.74) is 0. The smallest absolute Gasteiger partial charge is 0.219 e. The quantitative estimate of drug-likeness (QED) is 0.661. The summed E-state index contributed by atoms with van der Waals surface area (Å²) in [5, 5.41) is 3.11. The Kier molecular flexibility index (Phi) is 4.90. The molecular weight excluding hydrogens is 180 g/mol. The van der Waals surface area contributed by atoms with Crippen LogP contribution in [0.4, 0.5) is 0 Å². The molecule has 0 radical (unpaired) electrons. The van der Waals surface area contributed by atoms with E-state index in [0.717, 1.165) is 32.5 Å². The number of nitrogens with zero attached hydrogens (tertiary/aromatic N) is 1. The molecule has 1 aliphatic heterocycles. The van der Waals surface area contributed by atoms with Gasteiger partial charge >= 0.3 is 0 Å². The van der Waals surface area contributed by atoms with Crippen LogP contribution in [0.25, 0.3) is 0 Å². The van der Waals surface area contributed by atoms with Crippen LogP contribution in [0, 0.1) is 0 Å². The number of hydrogen-bond acceptors (Lipinski definition) is 3. The molecule has 0 saturated carbocycles. The molecule has 1 N–H and O–H groups in total. The normalized spacial score (nSPS) is 22.4. The third kappa shape index (κ3) is 3.64. The zero-order chi connectivity index (χ0) is 10.4. The van der Waals surface area contributed by atoms with Gasteiger partial charge in [0.25, 0.3) is 0 Å². The van der Waals surface area contributed by atoms with Gasteiger partial charge in [0.15, 0.2) is 0 Å². The molecular formula is C10H20N2O2. The van der Waals surface area contributed by atoms with Crippen molar-refractivity contribution in [1.82, 2.24) is 10.2 Å². The lowest BCUT2D eigenvalue weighted by Gasteiger charge is -2.32. The average Bonchev–Trinajstić information content (AvgIpc) is 2.19. The number of morpholine rings is 1. The first-order valence-electron chi connectivity index (χ1n) is 5.25. The molecule has 1 atom stereocenters. The first-order valence-corrected chi connectivity index (χ1v) is 5.25. The van der Waals surface area contributed by atoms with Gasteiger partial charge in [0, 0.05) is 20.0 Å². The summed E-state index contributed by atoms with van der Waals surface area (Å²) in [7, 11) is 1.95. The van der Waals surface area contributed by atoms with Gasteiger partial charge < -0.3 is 15.0 Å². The lowest BCUT2D eigenvalue weighted by atomic mass is 10.1. The minimum Gasteiger partial charge on any atom is -0.375 e. The van der Waals surface area contributed by atoms with Gasteiger partial charge in [-0.25, -0.2) is 0 Å². The molecule has 0 aromatic carbocycles. The van der Waals surface area contributed by atoms with Gasteiger partial charge in [-0.15, -0.1) is 0 Å². The van der Waals surface area contributed by atoms with E-state index < -0.39 is 0 Å².